The van der Waals surface area contributed by atoms with Crippen molar-refractivity contribution in [1.82, 2.24) is 15.1 Å². The van der Waals surface area contributed by atoms with E-state index in [1.807, 2.05) is 20.8 Å². The Morgan fingerprint density at radius 2 is 1.63 bits per heavy atom. The van der Waals surface area contributed by atoms with Crippen LogP contribution in [0, 0.1) is 11.6 Å². The highest BCUT2D eigenvalue weighted by Crippen LogP contribution is 2.24. The molecule has 0 saturated heterocycles. The molecule has 0 radical (unpaired) electrons. The highest BCUT2D eigenvalue weighted by Gasteiger charge is 2.20. The molecule has 3 rings (SSSR count). The van der Waals surface area contributed by atoms with Crippen LogP contribution in [-0.4, -0.2) is 27.1 Å². The topological polar surface area (TPSA) is 102 Å². The van der Waals surface area contributed by atoms with Crippen LogP contribution in [-0.2, 0) is 0 Å². The molecule has 7 nitrogen and oxygen atoms in total. The van der Waals surface area contributed by atoms with Gasteiger partial charge in [-0.3, -0.25) is 9.59 Å². The van der Waals surface area contributed by atoms with Crippen LogP contribution < -0.4 is 16.4 Å². The van der Waals surface area contributed by atoms with Gasteiger partial charge in [0.2, 0.25) is 0 Å². The van der Waals surface area contributed by atoms with Crippen LogP contribution in [0.4, 0.5) is 20.2 Å². The largest absolute Gasteiger partial charge is 0.364 e. The average Bonchev–Trinajstić information content (AvgIpc) is 3.04. The zero-order valence-electron chi connectivity index (χ0n) is 16.7. The van der Waals surface area contributed by atoms with Gasteiger partial charge in [0, 0.05) is 16.8 Å². The summed E-state index contributed by atoms with van der Waals surface area (Å²) < 4.78 is 29.0. The monoisotopic (exact) mass is 413 g/mol. The molecule has 1 heterocycles. The summed E-state index contributed by atoms with van der Waals surface area (Å²) in [4.78, 5) is 24.0. The zero-order valence-corrected chi connectivity index (χ0v) is 16.7. The first-order valence-electron chi connectivity index (χ1n) is 9.08. The van der Waals surface area contributed by atoms with Gasteiger partial charge in [-0.1, -0.05) is 6.07 Å². The van der Waals surface area contributed by atoms with E-state index in [2.05, 4.69) is 15.7 Å². The second-order valence-corrected chi connectivity index (χ2v) is 7.68. The number of nitrogens with one attached hydrogen (secondary N) is 2. The van der Waals surface area contributed by atoms with Crippen molar-refractivity contribution < 1.29 is 18.4 Å². The summed E-state index contributed by atoms with van der Waals surface area (Å²) in [6, 6.07) is 9.86. The van der Waals surface area contributed by atoms with E-state index in [4.69, 9.17) is 5.73 Å². The number of benzene rings is 2. The Morgan fingerprint density at radius 1 is 1.03 bits per heavy atom. The third-order valence-corrected chi connectivity index (χ3v) is 4.03. The van der Waals surface area contributed by atoms with E-state index in [9.17, 15) is 18.4 Å². The molecule has 0 aliphatic carbocycles. The Kier molecular flexibility index (Phi) is 5.55. The minimum absolute atomic E-state index is 0.164. The van der Waals surface area contributed by atoms with E-state index in [1.54, 1.807) is 24.3 Å². The van der Waals surface area contributed by atoms with Crippen LogP contribution in [0.3, 0.4) is 0 Å². The van der Waals surface area contributed by atoms with Gasteiger partial charge in [-0.2, -0.15) is 5.10 Å². The minimum Gasteiger partial charge on any atom is -0.364 e. The average molecular weight is 413 g/mol. The Morgan fingerprint density at radius 3 is 2.17 bits per heavy atom. The molecule has 0 fully saturated rings. The van der Waals surface area contributed by atoms with Crippen molar-refractivity contribution in [3.05, 3.63) is 71.6 Å². The molecule has 9 heteroatoms. The molecule has 2 amide bonds. The van der Waals surface area contributed by atoms with Gasteiger partial charge in [0.15, 0.2) is 17.3 Å². The molecule has 1 aromatic heterocycles. The molecule has 2 aromatic carbocycles. The summed E-state index contributed by atoms with van der Waals surface area (Å²) in [6.45, 7) is 5.63. The van der Waals surface area contributed by atoms with E-state index >= 15 is 0 Å². The summed E-state index contributed by atoms with van der Waals surface area (Å²) in [6.07, 6.45) is 1.27. The highest BCUT2D eigenvalue weighted by atomic mass is 19.1. The Bertz CT molecular complexity index is 1080. The summed E-state index contributed by atoms with van der Waals surface area (Å²) in [7, 11) is 0. The SMILES string of the molecule is CC(C)(C)NC(=O)c1ccc(Nc2cn(-c3c(F)cccc3F)nc2C(N)=O)cc1. The lowest BCUT2D eigenvalue weighted by Crippen LogP contribution is -2.40. The zero-order chi connectivity index (χ0) is 22.1. The molecular weight excluding hydrogens is 392 g/mol. The van der Waals surface area contributed by atoms with E-state index in [0.29, 0.717) is 11.3 Å². The lowest BCUT2D eigenvalue weighted by atomic mass is 10.1. The fourth-order valence-corrected chi connectivity index (χ4v) is 2.74. The van der Waals surface area contributed by atoms with Crippen molar-refractivity contribution in [3.63, 3.8) is 0 Å². The van der Waals surface area contributed by atoms with Crippen molar-refractivity contribution in [1.29, 1.82) is 0 Å². The molecule has 4 N–H and O–H groups in total. The van der Waals surface area contributed by atoms with Crippen LogP contribution in [0.25, 0.3) is 5.69 Å². The summed E-state index contributed by atoms with van der Waals surface area (Å²) in [5.74, 6) is -2.77. The summed E-state index contributed by atoms with van der Waals surface area (Å²) in [5, 5.41) is 9.71. The second-order valence-electron chi connectivity index (χ2n) is 7.68. The van der Waals surface area contributed by atoms with Gasteiger partial charge in [0.05, 0.1) is 11.9 Å². The van der Waals surface area contributed by atoms with Crippen molar-refractivity contribution in [3.8, 4) is 5.69 Å². The lowest BCUT2D eigenvalue weighted by Gasteiger charge is -2.20. The van der Waals surface area contributed by atoms with Crippen LogP contribution in [0.5, 0.6) is 0 Å². The van der Waals surface area contributed by atoms with Gasteiger partial charge in [0.1, 0.15) is 5.69 Å². The second kappa shape index (κ2) is 7.94. The third-order valence-electron chi connectivity index (χ3n) is 4.03. The summed E-state index contributed by atoms with van der Waals surface area (Å²) in [5.41, 5.74) is 5.52. The molecule has 30 heavy (non-hydrogen) atoms. The predicted molar refractivity (Wildman–Crippen MR) is 109 cm³/mol. The molecule has 0 spiro atoms. The van der Waals surface area contributed by atoms with Gasteiger partial charge < -0.3 is 16.4 Å². The fraction of sp³-hybridized carbons (Fsp3) is 0.190. The molecule has 0 saturated carbocycles. The smallest absolute Gasteiger partial charge is 0.271 e. The standard InChI is InChI=1S/C21H21F2N5O2/c1-21(2,3)26-20(30)12-7-9-13(10-8-12)25-16-11-28(27-17(16)19(24)29)18-14(22)5-4-6-15(18)23/h4-11,25H,1-3H3,(H2,24,29)(H,26,30). The Labute approximate surface area is 171 Å². The molecule has 0 bridgehead atoms. The number of hydrogen-bond donors (Lipinski definition) is 3. The lowest BCUT2D eigenvalue weighted by molar-refractivity contribution is 0.0918. The maximum Gasteiger partial charge on any atom is 0.271 e. The number of halogens is 2. The number of aromatic nitrogens is 2. The van der Waals surface area contributed by atoms with Crippen LogP contribution >= 0.6 is 0 Å². The number of rotatable bonds is 5. The number of nitrogens with two attached hydrogens (primary N) is 1. The van der Waals surface area contributed by atoms with Gasteiger partial charge in [0.25, 0.3) is 11.8 Å². The van der Waals surface area contributed by atoms with Gasteiger partial charge in [-0.25, -0.2) is 13.5 Å². The van der Waals surface area contributed by atoms with Crippen molar-refractivity contribution >= 4 is 23.2 Å². The molecule has 156 valence electrons. The first-order valence-corrected chi connectivity index (χ1v) is 9.08. The third kappa shape index (κ3) is 4.62. The van der Waals surface area contributed by atoms with Crippen molar-refractivity contribution in [2.24, 2.45) is 5.73 Å². The number of para-hydroxylation sites is 1. The van der Waals surface area contributed by atoms with Gasteiger partial charge in [-0.15, -0.1) is 0 Å². The normalized spacial score (nSPS) is 11.2. The first-order chi connectivity index (χ1) is 14.0. The number of hydrogen-bond acceptors (Lipinski definition) is 4. The number of carbonyl (C=O) groups is 2. The number of anilines is 2. The Balaban J connectivity index is 1.89. The van der Waals surface area contributed by atoms with Crippen molar-refractivity contribution in [2.45, 2.75) is 26.3 Å². The molecular formula is C21H21F2N5O2. The van der Waals surface area contributed by atoms with Crippen molar-refractivity contribution in [2.75, 3.05) is 5.32 Å². The molecule has 3 aromatic rings. The van der Waals surface area contributed by atoms with Crippen LogP contribution in [0.15, 0.2) is 48.7 Å². The predicted octanol–water partition coefficient (Wildman–Crippen LogP) is 3.52. The number of carbonyl (C=O) groups excluding carboxylic acids is 2. The molecule has 0 aliphatic heterocycles. The molecule has 0 atom stereocenters. The quantitative estimate of drug-likeness (QED) is 0.596. The van der Waals surface area contributed by atoms with Gasteiger partial charge in [-0.05, 0) is 57.2 Å². The number of amides is 2. The van der Waals surface area contributed by atoms with E-state index in [-0.39, 0.29) is 22.8 Å². The fourth-order valence-electron chi connectivity index (χ4n) is 2.74. The van der Waals surface area contributed by atoms with Crippen LogP contribution in [0.2, 0.25) is 0 Å². The van der Waals surface area contributed by atoms with E-state index in [1.165, 1.54) is 12.3 Å². The number of primary amides is 1. The van der Waals surface area contributed by atoms with Crippen LogP contribution in [0.1, 0.15) is 41.6 Å². The molecule has 0 unspecified atom stereocenters. The maximum atomic E-state index is 14.1. The maximum absolute atomic E-state index is 14.1. The van der Waals surface area contributed by atoms with E-state index < -0.39 is 23.2 Å². The number of nitrogens with zero attached hydrogens (tertiary/aromatic N) is 2. The minimum atomic E-state index is -0.867. The highest BCUT2D eigenvalue weighted by molar-refractivity contribution is 5.97. The van der Waals surface area contributed by atoms with E-state index in [0.717, 1.165) is 16.8 Å². The first kappa shape index (κ1) is 21.0. The summed E-state index contributed by atoms with van der Waals surface area (Å²) >= 11 is 0. The van der Waals surface area contributed by atoms with Gasteiger partial charge >= 0.3 is 0 Å². The Hall–Kier alpha value is -3.75. The molecule has 0 aliphatic rings.